The van der Waals surface area contributed by atoms with Gasteiger partial charge in [0.05, 0.1) is 6.04 Å². The van der Waals surface area contributed by atoms with Crippen LogP contribution in [0.25, 0.3) is 0 Å². The number of hydrogen-bond donors (Lipinski definition) is 0. The highest BCUT2D eigenvalue weighted by molar-refractivity contribution is 5.78. The van der Waals surface area contributed by atoms with E-state index in [9.17, 15) is 13.6 Å². The normalized spacial score (nSPS) is 26.3. The summed E-state index contributed by atoms with van der Waals surface area (Å²) in [5.74, 6) is -1.10. The van der Waals surface area contributed by atoms with Crippen LogP contribution in [0.15, 0.2) is 78.9 Å². The molecule has 4 nitrogen and oxygen atoms in total. The highest BCUT2D eigenvalue weighted by Crippen LogP contribution is 2.49. The van der Waals surface area contributed by atoms with Gasteiger partial charge in [-0.15, -0.1) is 0 Å². The third kappa shape index (κ3) is 3.28. The summed E-state index contributed by atoms with van der Waals surface area (Å²) >= 11 is 0. The van der Waals surface area contributed by atoms with Crippen molar-refractivity contribution >= 4 is 5.97 Å². The van der Waals surface area contributed by atoms with E-state index in [1.165, 1.54) is 24.3 Å². The Balaban J connectivity index is 1.61. The van der Waals surface area contributed by atoms with Crippen LogP contribution in [0.5, 0.6) is 0 Å². The molecule has 0 aliphatic carbocycles. The zero-order chi connectivity index (χ0) is 20.7. The van der Waals surface area contributed by atoms with Gasteiger partial charge in [0, 0.05) is 0 Å². The van der Waals surface area contributed by atoms with Crippen molar-refractivity contribution in [3.63, 3.8) is 0 Å². The summed E-state index contributed by atoms with van der Waals surface area (Å²) < 4.78 is 38.9. The van der Waals surface area contributed by atoms with Crippen molar-refractivity contribution in [1.82, 2.24) is 4.90 Å². The fourth-order valence-corrected chi connectivity index (χ4v) is 4.26. The van der Waals surface area contributed by atoms with Crippen LogP contribution in [0.2, 0.25) is 0 Å². The first-order chi connectivity index (χ1) is 14.6. The van der Waals surface area contributed by atoms with Crippen molar-refractivity contribution in [1.29, 1.82) is 0 Å². The van der Waals surface area contributed by atoms with E-state index >= 15 is 0 Å². The first-order valence-electron chi connectivity index (χ1n) is 9.77. The lowest BCUT2D eigenvalue weighted by molar-refractivity contribution is -0.163. The summed E-state index contributed by atoms with van der Waals surface area (Å²) in [7, 11) is 0. The molecule has 5 rings (SSSR count). The number of hydrogen-bond acceptors (Lipinski definition) is 4. The Morgan fingerprint density at radius 3 is 2.00 bits per heavy atom. The van der Waals surface area contributed by atoms with Crippen molar-refractivity contribution in [3.8, 4) is 0 Å². The molecule has 0 radical (unpaired) electrons. The predicted octanol–water partition coefficient (Wildman–Crippen LogP) is 4.70. The second-order valence-corrected chi connectivity index (χ2v) is 7.46. The number of carbonyl (C=O) groups is 1. The molecule has 6 heteroatoms. The smallest absolute Gasteiger partial charge is 0.326 e. The van der Waals surface area contributed by atoms with Crippen LogP contribution in [0, 0.1) is 11.6 Å². The number of fused-ring (bicyclic) bond motifs is 1. The Bertz CT molecular complexity index is 1040. The maximum Gasteiger partial charge on any atom is 0.326 e. The summed E-state index contributed by atoms with van der Waals surface area (Å²) in [6.07, 6.45) is -1.22. The lowest BCUT2D eigenvalue weighted by Gasteiger charge is -2.39. The number of morpholine rings is 1. The van der Waals surface area contributed by atoms with Crippen molar-refractivity contribution in [2.75, 3.05) is 6.61 Å². The Labute approximate surface area is 172 Å². The van der Waals surface area contributed by atoms with Gasteiger partial charge in [-0.1, -0.05) is 54.6 Å². The number of benzene rings is 3. The Kier molecular flexibility index (Phi) is 4.81. The van der Waals surface area contributed by atoms with Crippen molar-refractivity contribution in [3.05, 3.63) is 107 Å². The highest BCUT2D eigenvalue weighted by Gasteiger charge is 2.54. The molecule has 3 aromatic rings. The fourth-order valence-electron chi connectivity index (χ4n) is 4.26. The Morgan fingerprint density at radius 1 is 0.767 bits per heavy atom. The first kappa shape index (κ1) is 18.9. The molecule has 0 saturated carbocycles. The molecule has 2 heterocycles. The van der Waals surface area contributed by atoms with Crippen LogP contribution < -0.4 is 0 Å². The minimum atomic E-state index is -0.704. The van der Waals surface area contributed by atoms with Crippen LogP contribution in [-0.4, -0.2) is 23.5 Å². The Morgan fingerprint density at radius 2 is 1.37 bits per heavy atom. The minimum Gasteiger partial charge on any atom is -0.462 e. The van der Waals surface area contributed by atoms with Gasteiger partial charge in [-0.25, -0.2) is 13.7 Å². The molecule has 3 aromatic carbocycles. The maximum atomic E-state index is 13.5. The lowest BCUT2D eigenvalue weighted by Crippen LogP contribution is -2.49. The zero-order valence-corrected chi connectivity index (χ0v) is 15.9. The van der Waals surface area contributed by atoms with Crippen molar-refractivity contribution in [2.45, 2.75) is 24.4 Å². The molecular formula is C24H19F2NO3. The number of esters is 1. The van der Waals surface area contributed by atoms with Gasteiger partial charge in [0.2, 0.25) is 0 Å². The van der Waals surface area contributed by atoms with Gasteiger partial charge in [0.15, 0.2) is 0 Å². The number of nitrogens with zero attached hydrogens (tertiary/aromatic N) is 1. The molecule has 0 bridgehead atoms. The predicted molar refractivity (Wildman–Crippen MR) is 105 cm³/mol. The van der Waals surface area contributed by atoms with Gasteiger partial charge in [0.1, 0.15) is 36.6 Å². The highest BCUT2D eigenvalue weighted by atomic mass is 19.1. The van der Waals surface area contributed by atoms with Crippen LogP contribution >= 0.6 is 0 Å². The lowest BCUT2D eigenvalue weighted by atomic mass is 9.96. The molecule has 1 unspecified atom stereocenters. The van der Waals surface area contributed by atoms with E-state index < -0.39 is 18.4 Å². The molecule has 4 atom stereocenters. The Hall–Kier alpha value is -3.09. The molecule has 0 amide bonds. The topological polar surface area (TPSA) is 38.8 Å². The second-order valence-electron chi connectivity index (χ2n) is 7.46. The van der Waals surface area contributed by atoms with Gasteiger partial charge in [-0.3, -0.25) is 4.79 Å². The van der Waals surface area contributed by atoms with Crippen LogP contribution in [0.1, 0.15) is 35.1 Å². The average molecular weight is 407 g/mol. The molecule has 0 aromatic heterocycles. The monoisotopic (exact) mass is 407 g/mol. The molecule has 152 valence electrons. The van der Waals surface area contributed by atoms with E-state index in [0.717, 1.165) is 11.1 Å². The van der Waals surface area contributed by atoms with E-state index in [-0.39, 0.29) is 30.3 Å². The first-order valence-corrected chi connectivity index (χ1v) is 9.77. The molecule has 0 N–H and O–H groups in total. The van der Waals surface area contributed by atoms with Gasteiger partial charge in [-0.2, -0.15) is 0 Å². The van der Waals surface area contributed by atoms with Gasteiger partial charge >= 0.3 is 5.97 Å². The second kappa shape index (κ2) is 7.63. The van der Waals surface area contributed by atoms with Crippen LogP contribution in [-0.2, 0) is 14.3 Å². The average Bonchev–Trinajstić information content (AvgIpc) is 3.17. The molecule has 2 aliphatic heterocycles. The van der Waals surface area contributed by atoms with Crippen LogP contribution in [0.3, 0.4) is 0 Å². The van der Waals surface area contributed by atoms with E-state index in [2.05, 4.69) is 0 Å². The van der Waals surface area contributed by atoms with E-state index in [4.69, 9.17) is 9.47 Å². The number of halogens is 2. The van der Waals surface area contributed by atoms with Gasteiger partial charge < -0.3 is 9.47 Å². The fraction of sp³-hybridized carbons (Fsp3) is 0.208. The largest absolute Gasteiger partial charge is 0.462 e. The molecule has 30 heavy (non-hydrogen) atoms. The standard InChI is InChI=1S/C24H19F2NO3/c25-18-10-6-16(7-11-18)22-21-24(28)29-14-20(15-4-2-1-3-5-15)27(21)23(30-22)17-8-12-19(26)13-9-17/h1-13,20-23H,14H2/t20-,21?,22-,23+/m1/s1. The summed E-state index contributed by atoms with van der Waals surface area (Å²) in [5.41, 5.74) is 2.41. The number of rotatable bonds is 3. The van der Waals surface area contributed by atoms with Gasteiger partial charge in [-0.05, 0) is 41.0 Å². The van der Waals surface area contributed by atoms with Crippen molar-refractivity contribution in [2.24, 2.45) is 0 Å². The summed E-state index contributed by atoms with van der Waals surface area (Å²) in [6.45, 7) is 0.191. The third-order valence-corrected chi connectivity index (χ3v) is 5.68. The molecule has 2 saturated heterocycles. The quantitative estimate of drug-likeness (QED) is 0.590. The SMILES string of the molecule is O=C1OC[C@H](c2ccccc2)N2C1[C@@H](c1ccc(F)cc1)O[C@H]2c1ccc(F)cc1. The minimum absolute atomic E-state index is 0.191. The number of cyclic esters (lactones) is 1. The van der Waals surface area contributed by atoms with Gasteiger partial charge in [0.25, 0.3) is 0 Å². The third-order valence-electron chi connectivity index (χ3n) is 5.68. The number of carbonyl (C=O) groups excluding carboxylic acids is 1. The molecule has 2 aliphatic rings. The summed E-state index contributed by atoms with van der Waals surface area (Å²) in [5, 5.41) is 0. The summed E-state index contributed by atoms with van der Waals surface area (Å²) in [6, 6.07) is 20.8. The van der Waals surface area contributed by atoms with E-state index in [1.54, 1.807) is 24.3 Å². The van der Waals surface area contributed by atoms with Crippen LogP contribution in [0.4, 0.5) is 8.78 Å². The number of ether oxygens (including phenoxy) is 2. The maximum absolute atomic E-state index is 13.5. The van der Waals surface area contributed by atoms with E-state index in [0.29, 0.717) is 5.56 Å². The molecular weight excluding hydrogens is 388 g/mol. The van der Waals surface area contributed by atoms with E-state index in [1.807, 2.05) is 35.2 Å². The zero-order valence-electron chi connectivity index (χ0n) is 15.9. The van der Waals surface area contributed by atoms with Crippen molar-refractivity contribution < 1.29 is 23.0 Å². The molecule has 2 fully saturated rings. The molecule has 0 spiro atoms. The summed E-state index contributed by atoms with van der Waals surface area (Å²) in [4.78, 5) is 14.8.